The van der Waals surface area contributed by atoms with Crippen LogP contribution in [0, 0.1) is 6.92 Å². The summed E-state index contributed by atoms with van der Waals surface area (Å²) in [4.78, 5) is 8.40. The van der Waals surface area contributed by atoms with Gasteiger partial charge in [-0.2, -0.15) is 0 Å². The molecule has 0 atom stereocenters. The lowest BCUT2D eigenvalue weighted by atomic mass is 10.4. The molecule has 0 aliphatic carbocycles. The molecule has 0 unspecified atom stereocenters. The molecule has 0 fully saturated rings. The van der Waals surface area contributed by atoms with Gasteiger partial charge in [-0.3, -0.25) is 0 Å². The smallest absolute Gasteiger partial charge is 0.194 e. The summed E-state index contributed by atoms with van der Waals surface area (Å²) in [6, 6.07) is 0. The lowest BCUT2D eigenvalue weighted by molar-refractivity contribution is 0.460. The van der Waals surface area contributed by atoms with Gasteiger partial charge >= 0.3 is 0 Å². The predicted molar refractivity (Wildman–Crippen MR) is 79.6 cm³/mol. The van der Waals surface area contributed by atoms with Gasteiger partial charge in [0.25, 0.3) is 0 Å². The van der Waals surface area contributed by atoms with Crippen LogP contribution >= 0.6 is 24.0 Å². The molecule has 1 aromatic heterocycles. The first-order valence-electron chi connectivity index (χ1n) is 5.27. The molecule has 0 aromatic carbocycles. The number of oxazole rings is 1. The number of rotatable bonds is 5. The maximum absolute atomic E-state index is 5.63. The minimum Gasteiger partial charge on any atom is -0.443 e. The van der Waals surface area contributed by atoms with E-state index in [1.165, 1.54) is 0 Å². The Morgan fingerprint density at radius 1 is 1.65 bits per heavy atom. The van der Waals surface area contributed by atoms with Crippen molar-refractivity contribution >= 4 is 29.9 Å². The SMILES string of the molecule is C=CCNC(N)=NCc1oc(CC)nc1C.I. The first-order chi connectivity index (χ1) is 7.67. The maximum Gasteiger partial charge on any atom is 0.194 e. The third-order valence-electron chi connectivity index (χ3n) is 2.06. The van der Waals surface area contributed by atoms with E-state index in [9.17, 15) is 0 Å². The molecule has 0 aliphatic heterocycles. The number of nitrogens with zero attached hydrogens (tertiary/aromatic N) is 2. The summed E-state index contributed by atoms with van der Waals surface area (Å²) in [6.45, 7) is 8.49. The topological polar surface area (TPSA) is 76.4 Å². The fourth-order valence-electron chi connectivity index (χ4n) is 1.18. The van der Waals surface area contributed by atoms with Gasteiger partial charge < -0.3 is 15.5 Å². The Morgan fingerprint density at radius 3 is 2.88 bits per heavy atom. The van der Waals surface area contributed by atoms with Gasteiger partial charge in [0.2, 0.25) is 0 Å². The number of hydrogen-bond acceptors (Lipinski definition) is 3. The number of aryl methyl sites for hydroxylation is 2. The minimum atomic E-state index is 0. The highest BCUT2D eigenvalue weighted by Crippen LogP contribution is 2.11. The quantitative estimate of drug-likeness (QED) is 0.367. The average Bonchev–Trinajstić information content (AvgIpc) is 2.64. The molecule has 0 aliphatic rings. The Bertz CT molecular complexity index is 387. The molecule has 0 spiro atoms. The Labute approximate surface area is 119 Å². The highest BCUT2D eigenvalue weighted by atomic mass is 127. The number of aliphatic imine (C=N–C) groups is 1. The van der Waals surface area contributed by atoms with Crippen molar-refractivity contribution in [3.05, 3.63) is 30.0 Å². The van der Waals surface area contributed by atoms with Crippen LogP contribution in [0.1, 0.15) is 24.3 Å². The molecule has 5 nitrogen and oxygen atoms in total. The zero-order valence-electron chi connectivity index (χ0n) is 10.2. The van der Waals surface area contributed by atoms with Gasteiger partial charge in [-0.25, -0.2) is 9.98 Å². The first-order valence-corrected chi connectivity index (χ1v) is 5.27. The molecule has 1 rings (SSSR count). The summed E-state index contributed by atoms with van der Waals surface area (Å²) < 4.78 is 5.50. The largest absolute Gasteiger partial charge is 0.443 e. The maximum atomic E-state index is 5.63. The van der Waals surface area contributed by atoms with Crippen molar-refractivity contribution in [2.24, 2.45) is 10.7 Å². The molecule has 3 N–H and O–H groups in total. The lowest BCUT2D eigenvalue weighted by Gasteiger charge is -2.00. The lowest BCUT2D eigenvalue weighted by Crippen LogP contribution is -2.31. The molecule has 1 heterocycles. The van der Waals surface area contributed by atoms with Gasteiger partial charge in [-0.05, 0) is 6.92 Å². The summed E-state index contributed by atoms with van der Waals surface area (Å²) in [5.41, 5.74) is 6.50. The average molecular weight is 350 g/mol. The van der Waals surface area contributed by atoms with E-state index in [0.29, 0.717) is 19.0 Å². The number of guanidine groups is 1. The highest BCUT2D eigenvalue weighted by Gasteiger charge is 2.07. The second-order valence-corrected chi connectivity index (χ2v) is 3.34. The van der Waals surface area contributed by atoms with Gasteiger partial charge in [0, 0.05) is 13.0 Å². The van der Waals surface area contributed by atoms with Crippen LogP contribution in [0.5, 0.6) is 0 Å². The molecule has 0 radical (unpaired) electrons. The number of halogens is 1. The first kappa shape index (κ1) is 16.0. The van der Waals surface area contributed by atoms with E-state index >= 15 is 0 Å². The van der Waals surface area contributed by atoms with Crippen molar-refractivity contribution in [2.45, 2.75) is 26.8 Å². The number of nitrogens with one attached hydrogen (secondary N) is 1. The molecule has 0 saturated heterocycles. The third kappa shape index (κ3) is 5.20. The molecular formula is C11H19IN4O. The van der Waals surface area contributed by atoms with Gasteiger partial charge in [-0.15, -0.1) is 30.6 Å². The van der Waals surface area contributed by atoms with Crippen LogP contribution in [-0.2, 0) is 13.0 Å². The molecular weight excluding hydrogens is 331 g/mol. The second kappa shape index (κ2) is 8.10. The van der Waals surface area contributed by atoms with Crippen molar-refractivity contribution in [2.75, 3.05) is 6.54 Å². The fraction of sp³-hybridized carbons (Fsp3) is 0.455. The van der Waals surface area contributed by atoms with Crippen molar-refractivity contribution in [1.29, 1.82) is 0 Å². The van der Waals surface area contributed by atoms with Crippen LogP contribution in [-0.4, -0.2) is 17.5 Å². The number of aromatic nitrogens is 1. The van der Waals surface area contributed by atoms with Gasteiger partial charge in [0.15, 0.2) is 11.9 Å². The standard InChI is InChI=1S/C11H18N4O.HI/c1-4-6-13-11(12)14-7-9-8(3)15-10(5-2)16-9;/h4H,1,5-7H2,2-3H3,(H3,12,13,14);1H. The second-order valence-electron chi connectivity index (χ2n) is 3.34. The van der Waals surface area contributed by atoms with E-state index in [0.717, 1.165) is 23.8 Å². The molecule has 96 valence electrons. The highest BCUT2D eigenvalue weighted by molar-refractivity contribution is 14.0. The molecule has 6 heteroatoms. The Kier molecular flexibility index (Phi) is 7.60. The Morgan fingerprint density at radius 2 is 2.35 bits per heavy atom. The van der Waals surface area contributed by atoms with E-state index in [4.69, 9.17) is 10.2 Å². The molecule has 0 bridgehead atoms. The van der Waals surface area contributed by atoms with Crippen LogP contribution in [0.25, 0.3) is 0 Å². The fourth-order valence-corrected chi connectivity index (χ4v) is 1.18. The number of nitrogens with two attached hydrogens (primary N) is 1. The minimum absolute atomic E-state index is 0. The van der Waals surface area contributed by atoms with Crippen LogP contribution in [0.15, 0.2) is 22.1 Å². The van der Waals surface area contributed by atoms with E-state index in [-0.39, 0.29) is 24.0 Å². The van der Waals surface area contributed by atoms with Crippen LogP contribution in [0.4, 0.5) is 0 Å². The molecule has 0 saturated carbocycles. The predicted octanol–water partition coefficient (Wildman–Crippen LogP) is 1.75. The summed E-state index contributed by atoms with van der Waals surface area (Å²) in [5, 5.41) is 2.89. The molecule has 1 aromatic rings. The molecule has 17 heavy (non-hydrogen) atoms. The zero-order valence-corrected chi connectivity index (χ0v) is 12.5. The monoisotopic (exact) mass is 350 g/mol. The summed E-state index contributed by atoms with van der Waals surface area (Å²) in [5.74, 6) is 1.88. The van der Waals surface area contributed by atoms with E-state index in [1.807, 2.05) is 13.8 Å². The van der Waals surface area contributed by atoms with E-state index in [1.54, 1.807) is 6.08 Å². The van der Waals surface area contributed by atoms with Gasteiger partial charge in [0.05, 0.1) is 5.69 Å². The van der Waals surface area contributed by atoms with Gasteiger partial charge in [-0.1, -0.05) is 13.0 Å². The van der Waals surface area contributed by atoms with Crippen molar-refractivity contribution < 1.29 is 4.42 Å². The summed E-state index contributed by atoms with van der Waals surface area (Å²) in [6.07, 6.45) is 2.51. The summed E-state index contributed by atoms with van der Waals surface area (Å²) in [7, 11) is 0. The van der Waals surface area contributed by atoms with Crippen molar-refractivity contribution in [3.63, 3.8) is 0 Å². The Hall–Kier alpha value is -1.05. The van der Waals surface area contributed by atoms with Gasteiger partial charge in [0.1, 0.15) is 12.3 Å². The van der Waals surface area contributed by atoms with Crippen LogP contribution in [0.2, 0.25) is 0 Å². The van der Waals surface area contributed by atoms with Crippen molar-refractivity contribution in [1.82, 2.24) is 10.3 Å². The van der Waals surface area contributed by atoms with E-state index < -0.39 is 0 Å². The normalized spacial score (nSPS) is 10.8. The van der Waals surface area contributed by atoms with Crippen molar-refractivity contribution in [3.8, 4) is 0 Å². The van der Waals surface area contributed by atoms with E-state index in [2.05, 4.69) is 21.9 Å². The Balaban J connectivity index is 0.00000256. The summed E-state index contributed by atoms with van der Waals surface area (Å²) >= 11 is 0. The zero-order chi connectivity index (χ0) is 12.0. The molecule has 0 amide bonds. The van der Waals surface area contributed by atoms with Crippen LogP contribution < -0.4 is 11.1 Å². The number of hydrogen-bond donors (Lipinski definition) is 2. The van der Waals surface area contributed by atoms with Crippen LogP contribution in [0.3, 0.4) is 0 Å². The third-order valence-corrected chi connectivity index (χ3v) is 2.06.